The Morgan fingerprint density at radius 2 is 1.79 bits per heavy atom. The van der Waals surface area contributed by atoms with Gasteiger partial charge in [-0.15, -0.1) is 0 Å². The largest absolute Gasteiger partial charge is 0.353 e. The topological polar surface area (TPSA) is 41.8 Å². The molecule has 0 unspecified atom stereocenters. The molecule has 0 amide bonds. The van der Waals surface area contributed by atoms with Crippen LogP contribution in [0, 0.1) is 0 Å². The summed E-state index contributed by atoms with van der Waals surface area (Å²) in [6, 6.07) is 9.42. The van der Waals surface area contributed by atoms with Gasteiger partial charge in [-0.1, -0.05) is 34.8 Å². The first-order valence-corrected chi connectivity index (χ1v) is 9.59. The number of nitrogens with two attached hydrogens (primary N) is 1. The van der Waals surface area contributed by atoms with E-state index in [1.54, 1.807) is 6.07 Å². The summed E-state index contributed by atoms with van der Waals surface area (Å²) in [4.78, 5) is 3.50. The van der Waals surface area contributed by atoms with E-state index in [4.69, 9.17) is 40.5 Å². The van der Waals surface area contributed by atoms with Crippen molar-refractivity contribution in [2.45, 2.75) is 19.3 Å². The van der Waals surface area contributed by atoms with Gasteiger partial charge < -0.3 is 10.7 Å². The minimum Gasteiger partial charge on any atom is -0.353 e. The summed E-state index contributed by atoms with van der Waals surface area (Å²) >= 11 is 22.3. The van der Waals surface area contributed by atoms with Gasteiger partial charge in [0.15, 0.2) is 0 Å². The van der Waals surface area contributed by atoms with Crippen molar-refractivity contribution in [2.24, 2.45) is 5.73 Å². The van der Waals surface area contributed by atoms with Gasteiger partial charge in [0.1, 0.15) is 0 Å². The molecule has 6 heteroatoms. The standard InChI is InChI=1S/C18H16BrCl3N2/c19-15-8-11(21)7-14-12(3-1-2-6-23)17(24-18(14)15)13-5-4-10(20)9-16(13)22/h4-5,7-9,24H,1-3,6,23H2. The lowest BCUT2D eigenvalue weighted by Crippen LogP contribution is -1.99. The zero-order valence-electron chi connectivity index (χ0n) is 12.8. The Balaban J connectivity index is 2.21. The van der Waals surface area contributed by atoms with Crippen LogP contribution in [0.1, 0.15) is 18.4 Å². The smallest absolute Gasteiger partial charge is 0.0607 e. The molecule has 0 bridgehead atoms. The first-order chi connectivity index (χ1) is 11.5. The molecule has 0 saturated heterocycles. The van der Waals surface area contributed by atoms with Gasteiger partial charge in [-0.05, 0) is 77.6 Å². The number of benzene rings is 2. The molecule has 0 aliphatic heterocycles. The Morgan fingerprint density at radius 3 is 2.50 bits per heavy atom. The predicted molar refractivity (Wildman–Crippen MR) is 108 cm³/mol. The molecule has 126 valence electrons. The number of unbranched alkanes of at least 4 members (excludes halogenated alkanes) is 1. The van der Waals surface area contributed by atoms with Gasteiger partial charge in [-0.3, -0.25) is 0 Å². The first-order valence-electron chi connectivity index (χ1n) is 7.66. The average Bonchev–Trinajstić information content (AvgIpc) is 2.86. The summed E-state index contributed by atoms with van der Waals surface area (Å²) in [5, 5.41) is 3.04. The molecule has 0 aliphatic rings. The van der Waals surface area contributed by atoms with Crippen LogP contribution in [0.25, 0.3) is 22.2 Å². The Kier molecular flexibility index (Phi) is 5.78. The highest BCUT2D eigenvalue weighted by molar-refractivity contribution is 9.10. The second-order valence-electron chi connectivity index (χ2n) is 5.66. The number of fused-ring (bicyclic) bond motifs is 1. The second kappa shape index (κ2) is 7.67. The minimum atomic E-state index is 0.619. The molecule has 3 N–H and O–H groups in total. The molecule has 2 nitrogen and oxygen atoms in total. The summed E-state index contributed by atoms with van der Waals surface area (Å²) in [7, 11) is 0. The predicted octanol–water partition coefficient (Wildman–Crippen LogP) is 6.84. The van der Waals surface area contributed by atoms with Gasteiger partial charge >= 0.3 is 0 Å². The van der Waals surface area contributed by atoms with Crippen molar-refractivity contribution in [1.82, 2.24) is 4.98 Å². The van der Waals surface area contributed by atoms with Crippen molar-refractivity contribution in [3.8, 4) is 11.3 Å². The number of rotatable bonds is 5. The SMILES string of the molecule is NCCCCc1c(-c2ccc(Cl)cc2Cl)[nH]c2c(Br)cc(Cl)cc12. The van der Waals surface area contributed by atoms with E-state index in [1.165, 1.54) is 5.56 Å². The molecule has 0 atom stereocenters. The van der Waals surface area contributed by atoms with Crippen LogP contribution in [0.15, 0.2) is 34.8 Å². The molecule has 0 aliphatic carbocycles. The van der Waals surface area contributed by atoms with Crippen molar-refractivity contribution >= 4 is 61.6 Å². The van der Waals surface area contributed by atoms with Crippen LogP contribution in [-0.2, 0) is 6.42 Å². The van der Waals surface area contributed by atoms with E-state index >= 15 is 0 Å². The van der Waals surface area contributed by atoms with Gasteiger partial charge in [-0.25, -0.2) is 0 Å². The van der Waals surface area contributed by atoms with E-state index in [0.717, 1.165) is 45.9 Å². The highest BCUT2D eigenvalue weighted by atomic mass is 79.9. The fourth-order valence-electron chi connectivity index (χ4n) is 2.90. The van der Waals surface area contributed by atoms with Gasteiger partial charge in [0, 0.05) is 25.5 Å². The van der Waals surface area contributed by atoms with Crippen molar-refractivity contribution in [3.63, 3.8) is 0 Å². The molecule has 0 radical (unpaired) electrons. The van der Waals surface area contributed by atoms with Crippen LogP contribution in [-0.4, -0.2) is 11.5 Å². The Hall–Kier alpha value is -0.710. The quantitative estimate of drug-likeness (QED) is 0.414. The number of H-pyrrole nitrogens is 1. The van der Waals surface area contributed by atoms with Crippen LogP contribution >= 0.6 is 50.7 Å². The lowest BCUT2D eigenvalue weighted by Gasteiger charge is -2.07. The van der Waals surface area contributed by atoms with Crippen LogP contribution < -0.4 is 5.73 Å². The van der Waals surface area contributed by atoms with Crippen molar-refractivity contribution in [2.75, 3.05) is 6.54 Å². The molecule has 24 heavy (non-hydrogen) atoms. The highest BCUT2D eigenvalue weighted by Gasteiger charge is 2.17. The zero-order valence-corrected chi connectivity index (χ0v) is 16.7. The molecule has 0 fully saturated rings. The third-order valence-electron chi connectivity index (χ3n) is 4.01. The second-order valence-corrected chi connectivity index (χ2v) is 7.79. The van der Waals surface area contributed by atoms with Gasteiger partial charge in [0.2, 0.25) is 0 Å². The number of nitrogens with one attached hydrogen (secondary N) is 1. The normalized spacial score (nSPS) is 11.4. The van der Waals surface area contributed by atoms with Crippen molar-refractivity contribution in [3.05, 3.63) is 55.4 Å². The summed E-state index contributed by atoms with van der Waals surface area (Å²) in [6.45, 7) is 0.684. The fourth-order valence-corrected chi connectivity index (χ4v) is 4.31. The van der Waals surface area contributed by atoms with E-state index in [0.29, 0.717) is 21.6 Å². The summed E-state index contributed by atoms with van der Waals surface area (Å²) in [6.07, 6.45) is 2.88. The molecular formula is C18H16BrCl3N2. The first kappa shape index (κ1) is 18.1. The lowest BCUT2D eigenvalue weighted by molar-refractivity contribution is 0.748. The van der Waals surface area contributed by atoms with E-state index in [1.807, 2.05) is 24.3 Å². The highest BCUT2D eigenvalue weighted by Crippen LogP contribution is 2.39. The van der Waals surface area contributed by atoms with Crippen LogP contribution in [0.3, 0.4) is 0 Å². The number of hydrogen-bond acceptors (Lipinski definition) is 1. The van der Waals surface area contributed by atoms with Gasteiger partial charge in [-0.2, -0.15) is 0 Å². The van der Waals surface area contributed by atoms with Gasteiger partial charge in [0.05, 0.1) is 16.2 Å². The number of aryl methyl sites for hydroxylation is 1. The number of aromatic nitrogens is 1. The molecule has 1 heterocycles. The number of aromatic amines is 1. The van der Waals surface area contributed by atoms with E-state index in [-0.39, 0.29) is 0 Å². The lowest BCUT2D eigenvalue weighted by atomic mass is 10.0. The molecule has 2 aromatic carbocycles. The average molecular weight is 447 g/mol. The summed E-state index contributed by atoms with van der Waals surface area (Å²) in [5.41, 5.74) is 9.80. The maximum atomic E-state index is 6.43. The fraction of sp³-hybridized carbons (Fsp3) is 0.222. The van der Waals surface area contributed by atoms with Gasteiger partial charge in [0.25, 0.3) is 0 Å². The van der Waals surface area contributed by atoms with Crippen molar-refractivity contribution < 1.29 is 0 Å². The third kappa shape index (κ3) is 3.61. The molecule has 0 saturated carbocycles. The van der Waals surface area contributed by atoms with Crippen LogP contribution in [0.4, 0.5) is 0 Å². The molecule has 3 rings (SSSR count). The maximum absolute atomic E-state index is 6.43. The maximum Gasteiger partial charge on any atom is 0.0607 e. The van der Waals surface area contributed by atoms with E-state index in [9.17, 15) is 0 Å². The van der Waals surface area contributed by atoms with E-state index in [2.05, 4.69) is 20.9 Å². The molecule has 1 aromatic heterocycles. The summed E-state index contributed by atoms with van der Waals surface area (Å²) < 4.78 is 0.932. The van der Waals surface area contributed by atoms with Crippen molar-refractivity contribution in [1.29, 1.82) is 0 Å². The Labute approximate surface area is 164 Å². The Morgan fingerprint density at radius 1 is 1.00 bits per heavy atom. The van der Waals surface area contributed by atoms with Crippen LogP contribution in [0.5, 0.6) is 0 Å². The molecule has 3 aromatic rings. The number of halogens is 4. The molecular weight excluding hydrogens is 430 g/mol. The third-order valence-corrected chi connectivity index (χ3v) is 5.40. The van der Waals surface area contributed by atoms with Crippen LogP contribution in [0.2, 0.25) is 15.1 Å². The minimum absolute atomic E-state index is 0.619. The zero-order chi connectivity index (χ0) is 17.3. The Bertz CT molecular complexity index is 890. The summed E-state index contributed by atoms with van der Waals surface area (Å²) in [5.74, 6) is 0. The molecule has 0 spiro atoms. The number of hydrogen-bond donors (Lipinski definition) is 2. The van der Waals surface area contributed by atoms with E-state index < -0.39 is 0 Å². The monoisotopic (exact) mass is 444 g/mol.